The van der Waals surface area contributed by atoms with Crippen molar-refractivity contribution in [2.45, 2.75) is 20.8 Å². The normalized spacial score (nSPS) is 10.9. The zero-order valence-corrected chi connectivity index (χ0v) is 11.4. The first kappa shape index (κ1) is 12.3. The van der Waals surface area contributed by atoms with Gasteiger partial charge >= 0.3 is 0 Å². The standard InChI is InChI=1S/C12H13Cl2N3/c1-6-7(2)16-17(8(6)3)12-5-10(14)9(13)4-11(12)15/h4-5H,15H2,1-3H3. The van der Waals surface area contributed by atoms with E-state index in [0.717, 1.165) is 22.6 Å². The molecular weight excluding hydrogens is 257 g/mol. The number of nitrogens with zero attached hydrogens (tertiary/aromatic N) is 2. The van der Waals surface area contributed by atoms with Crippen LogP contribution in [0.25, 0.3) is 5.69 Å². The number of aryl methyl sites for hydroxylation is 1. The Morgan fingerprint density at radius 1 is 1.12 bits per heavy atom. The molecule has 17 heavy (non-hydrogen) atoms. The number of hydrogen-bond donors (Lipinski definition) is 1. The molecule has 2 aromatic rings. The maximum absolute atomic E-state index is 6.01. The Bertz CT molecular complexity index is 588. The van der Waals surface area contributed by atoms with Gasteiger partial charge in [-0.05, 0) is 38.5 Å². The predicted octanol–water partition coefficient (Wildman–Crippen LogP) is 3.69. The van der Waals surface area contributed by atoms with Crippen LogP contribution in [0.2, 0.25) is 10.0 Å². The third-order valence-electron chi connectivity index (χ3n) is 2.95. The van der Waals surface area contributed by atoms with Crippen LogP contribution in [0, 0.1) is 20.8 Å². The van der Waals surface area contributed by atoms with Gasteiger partial charge in [0.25, 0.3) is 0 Å². The van der Waals surface area contributed by atoms with Gasteiger partial charge in [-0.25, -0.2) is 4.68 Å². The highest BCUT2D eigenvalue weighted by molar-refractivity contribution is 6.42. The van der Waals surface area contributed by atoms with Crippen molar-refractivity contribution in [2.24, 2.45) is 0 Å². The predicted molar refractivity (Wildman–Crippen MR) is 72.2 cm³/mol. The summed E-state index contributed by atoms with van der Waals surface area (Å²) in [6.45, 7) is 5.99. The lowest BCUT2D eigenvalue weighted by Crippen LogP contribution is -2.03. The van der Waals surface area contributed by atoms with Gasteiger partial charge in [0.15, 0.2) is 0 Å². The molecule has 0 saturated heterocycles. The first-order valence-corrected chi connectivity index (χ1v) is 5.95. The molecule has 0 atom stereocenters. The number of aromatic nitrogens is 2. The van der Waals surface area contributed by atoms with Crippen molar-refractivity contribution in [1.29, 1.82) is 0 Å². The summed E-state index contributed by atoms with van der Waals surface area (Å²) in [5, 5.41) is 5.37. The van der Waals surface area contributed by atoms with Crippen LogP contribution < -0.4 is 5.73 Å². The Morgan fingerprint density at radius 3 is 2.24 bits per heavy atom. The lowest BCUT2D eigenvalue weighted by atomic mass is 10.2. The van der Waals surface area contributed by atoms with E-state index in [-0.39, 0.29) is 0 Å². The van der Waals surface area contributed by atoms with Gasteiger partial charge in [-0.2, -0.15) is 5.10 Å². The first-order chi connectivity index (χ1) is 7.91. The van der Waals surface area contributed by atoms with E-state index < -0.39 is 0 Å². The molecule has 0 aliphatic heterocycles. The van der Waals surface area contributed by atoms with E-state index in [1.165, 1.54) is 0 Å². The maximum Gasteiger partial charge on any atom is 0.0894 e. The Kier molecular flexibility index (Phi) is 3.06. The van der Waals surface area contributed by atoms with Gasteiger partial charge in [0.05, 0.1) is 27.1 Å². The molecule has 3 nitrogen and oxygen atoms in total. The summed E-state index contributed by atoms with van der Waals surface area (Å²) >= 11 is 11.9. The SMILES string of the molecule is Cc1nn(-c2cc(Cl)c(Cl)cc2N)c(C)c1C. The molecule has 0 unspecified atom stereocenters. The Morgan fingerprint density at radius 2 is 1.71 bits per heavy atom. The van der Waals surface area contributed by atoms with Crippen molar-refractivity contribution in [3.05, 3.63) is 39.1 Å². The molecular formula is C12H13Cl2N3. The van der Waals surface area contributed by atoms with Crippen LogP contribution in [0.1, 0.15) is 17.0 Å². The Labute approximate surface area is 110 Å². The van der Waals surface area contributed by atoms with Gasteiger partial charge in [-0.15, -0.1) is 0 Å². The van der Waals surface area contributed by atoms with Crippen LogP contribution >= 0.6 is 23.2 Å². The molecule has 2 N–H and O–H groups in total. The average Bonchev–Trinajstić information content (AvgIpc) is 2.51. The lowest BCUT2D eigenvalue weighted by Gasteiger charge is -2.09. The fourth-order valence-electron chi connectivity index (χ4n) is 1.69. The third-order valence-corrected chi connectivity index (χ3v) is 3.67. The molecule has 0 fully saturated rings. The zero-order chi connectivity index (χ0) is 12.7. The van der Waals surface area contributed by atoms with E-state index in [4.69, 9.17) is 28.9 Å². The molecule has 0 saturated carbocycles. The minimum absolute atomic E-state index is 0.450. The molecule has 90 valence electrons. The summed E-state index contributed by atoms with van der Waals surface area (Å²) in [7, 11) is 0. The largest absolute Gasteiger partial charge is 0.397 e. The van der Waals surface area contributed by atoms with E-state index in [9.17, 15) is 0 Å². The molecule has 1 aromatic carbocycles. The van der Waals surface area contributed by atoms with E-state index in [1.807, 2.05) is 20.8 Å². The molecule has 2 rings (SSSR count). The van der Waals surface area contributed by atoms with Crippen molar-refractivity contribution < 1.29 is 0 Å². The summed E-state index contributed by atoms with van der Waals surface area (Å²) in [6, 6.07) is 3.38. The van der Waals surface area contributed by atoms with Crippen molar-refractivity contribution in [3.63, 3.8) is 0 Å². The minimum atomic E-state index is 0.450. The summed E-state index contributed by atoms with van der Waals surface area (Å²) < 4.78 is 1.79. The van der Waals surface area contributed by atoms with Gasteiger partial charge in [-0.3, -0.25) is 0 Å². The number of anilines is 1. The zero-order valence-electron chi connectivity index (χ0n) is 9.88. The number of nitrogen functional groups attached to an aromatic ring is 1. The van der Waals surface area contributed by atoms with Crippen LogP contribution in [-0.4, -0.2) is 9.78 Å². The van der Waals surface area contributed by atoms with E-state index >= 15 is 0 Å². The van der Waals surface area contributed by atoms with Gasteiger partial charge < -0.3 is 5.73 Å². The number of nitrogens with two attached hydrogens (primary N) is 1. The monoisotopic (exact) mass is 269 g/mol. The van der Waals surface area contributed by atoms with Crippen molar-refractivity contribution >= 4 is 28.9 Å². The number of benzene rings is 1. The number of rotatable bonds is 1. The summed E-state index contributed by atoms with van der Waals surface area (Å²) in [4.78, 5) is 0. The van der Waals surface area contributed by atoms with E-state index in [1.54, 1.807) is 16.8 Å². The second-order valence-corrected chi connectivity index (χ2v) is 4.85. The third kappa shape index (κ3) is 2.01. The van der Waals surface area contributed by atoms with Crippen molar-refractivity contribution in [1.82, 2.24) is 9.78 Å². The van der Waals surface area contributed by atoms with Crippen LogP contribution in [-0.2, 0) is 0 Å². The highest BCUT2D eigenvalue weighted by Gasteiger charge is 2.13. The van der Waals surface area contributed by atoms with Gasteiger partial charge in [0.2, 0.25) is 0 Å². The van der Waals surface area contributed by atoms with Crippen molar-refractivity contribution in [3.8, 4) is 5.69 Å². The highest BCUT2D eigenvalue weighted by atomic mass is 35.5. The minimum Gasteiger partial charge on any atom is -0.397 e. The smallest absolute Gasteiger partial charge is 0.0894 e. The molecule has 0 bridgehead atoms. The van der Waals surface area contributed by atoms with Gasteiger partial charge in [0, 0.05) is 5.69 Å². The quantitative estimate of drug-likeness (QED) is 0.803. The Hall–Kier alpha value is -1.19. The Balaban J connectivity index is 2.68. The summed E-state index contributed by atoms with van der Waals surface area (Å²) in [5.74, 6) is 0. The number of halogens is 2. The molecule has 1 heterocycles. The van der Waals surface area contributed by atoms with E-state index in [0.29, 0.717) is 15.7 Å². The first-order valence-electron chi connectivity index (χ1n) is 5.19. The molecule has 0 spiro atoms. The van der Waals surface area contributed by atoms with Crippen LogP contribution in [0.3, 0.4) is 0 Å². The van der Waals surface area contributed by atoms with Crippen molar-refractivity contribution in [2.75, 3.05) is 5.73 Å². The number of hydrogen-bond acceptors (Lipinski definition) is 2. The van der Waals surface area contributed by atoms with Crippen LogP contribution in [0.15, 0.2) is 12.1 Å². The second kappa shape index (κ2) is 4.24. The fraction of sp³-hybridized carbons (Fsp3) is 0.250. The van der Waals surface area contributed by atoms with Crippen LogP contribution in [0.4, 0.5) is 5.69 Å². The summed E-state index contributed by atoms with van der Waals surface area (Å²) in [5.41, 5.74) is 10.4. The molecule has 1 aromatic heterocycles. The molecule has 0 aliphatic carbocycles. The molecule has 0 aliphatic rings. The average molecular weight is 270 g/mol. The van der Waals surface area contributed by atoms with Gasteiger partial charge in [-0.1, -0.05) is 23.2 Å². The lowest BCUT2D eigenvalue weighted by molar-refractivity contribution is 0.835. The topological polar surface area (TPSA) is 43.8 Å². The molecule has 0 radical (unpaired) electrons. The fourth-order valence-corrected chi connectivity index (χ4v) is 2.02. The second-order valence-electron chi connectivity index (χ2n) is 4.03. The molecule has 0 amide bonds. The summed E-state index contributed by atoms with van der Waals surface area (Å²) in [6.07, 6.45) is 0. The van der Waals surface area contributed by atoms with E-state index in [2.05, 4.69) is 5.10 Å². The van der Waals surface area contributed by atoms with Gasteiger partial charge in [0.1, 0.15) is 0 Å². The molecule has 5 heteroatoms. The maximum atomic E-state index is 6.01. The highest BCUT2D eigenvalue weighted by Crippen LogP contribution is 2.30. The van der Waals surface area contributed by atoms with Crippen LogP contribution in [0.5, 0.6) is 0 Å².